The summed E-state index contributed by atoms with van der Waals surface area (Å²) in [5, 5.41) is 12.4. The van der Waals surface area contributed by atoms with E-state index in [0.717, 1.165) is 5.69 Å². The number of carboxylic acids is 1. The fourth-order valence-electron chi connectivity index (χ4n) is 2.48. The van der Waals surface area contributed by atoms with Crippen molar-refractivity contribution < 1.29 is 19.4 Å². The molecule has 2 rings (SSSR count). The number of pyridine rings is 1. The van der Waals surface area contributed by atoms with Crippen molar-refractivity contribution in [2.24, 2.45) is 0 Å². The lowest BCUT2D eigenvalue weighted by molar-refractivity contribution is -0.147. The molecule has 2 atom stereocenters. The van der Waals surface area contributed by atoms with Gasteiger partial charge in [-0.15, -0.1) is 0 Å². The maximum Gasteiger partial charge on any atom is 0.326 e. The SMILES string of the molecule is CCOc1cc(N[C@H]2C[C@H](C(=O)O)N(C(C)=O)C2)ccn1. The summed E-state index contributed by atoms with van der Waals surface area (Å²) in [5.74, 6) is -0.686. The summed E-state index contributed by atoms with van der Waals surface area (Å²) >= 11 is 0. The van der Waals surface area contributed by atoms with Gasteiger partial charge in [0.1, 0.15) is 6.04 Å². The number of ether oxygens (including phenoxy) is 1. The number of carbonyl (C=O) groups excluding carboxylic acids is 1. The van der Waals surface area contributed by atoms with Crippen LogP contribution in [0.25, 0.3) is 0 Å². The molecule has 0 saturated carbocycles. The number of carbonyl (C=O) groups is 2. The molecular weight excluding hydrogens is 274 g/mol. The molecular formula is C14H19N3O4. The topological polar surface area (TPSA) is 91.8 Å². The van der Waals surface area contributed by atoms with Gasteiger partial charge in [-0.1, -0.05) is 0 Å². The van der Waals surface area contributed by atoms with Gasteiger partial charge < -0.3 is 20.1 Å². The summed E-state index contributed by atoms with van der Waals surface area (Å²) in [6.45, 7) is 4.16. The van der Waals surface area contributed by atoms with E-state index in [-0.39, 0.29) is 11.9 Å². The first-order chi connectivity index (χ1) is 10.0. The normalized spacial score (nSPS) is 21.1. The van der Waals surface area contributed by atoms with E-state index in [0.29, 0.717) is 25.5 Å². The van der Waals surface area contributed by atoms with Crippen molar-refractivity contribution in [1.29, 1.82) is 0 Å². The van der Waals surface area contributed by atoms with Crippen molar-refractivity contribution in [3.63, 3.8) is 0 Å². The van der Waals surface area contributed by atoms with Crippen LogP contribution in [0.5, 0.6) is 5.88 Å². The average molecular weight is 293 g/mol. The minimum absolute atomic E-state index is 0.105. The van der Waals surface area contributed by atoms with E-state index in [4.69, 9.17) is 4.74 Å². The average Bonchev–Trinajstić information content (AvgIpc) is 2.84. The molecule has 1 aliphatic rings. The van der Waals surface area contributed by atoms with Crippen molar-refractivity contribution >= 4 is 17.6 Å². The summed E-state index contributed by atoms with van der Waals surface area (Å²) in [4.78, 5) is 28.2. The lowest BCUT2D eigenvalue weighted by Gasteiger charge is -2.19. The molecule has 7 heteroatoms. The molecule has 21 heavy (non-hydrogen) atoms. The Kier molecular flexibility index (Phi) is 4.62. The number of anilines is 1. The van der Waals surface area contributed by atoms with E-state index < -0.39 is 12.0 Å². The summed E-state index contributed by atoms with van der Waals surface area (Å²) in [6, 6.07) is 2.67. The highest BCUT2D eigenvalue weighted by Gasteiger charge is 2.38. The number of rotatable bonds is 5. The first-order valence-electron chi connectivity index (χ1n) is 6.86. The second kappa shape index (κ2) is 6.43. The fraction of sp³-hybridized carbons (Fsp3) is 0.500. The van der Waals surface area contributed by atoms with E-state index >= 15 is 0 Å². The minimum Gasteiger partial charge on any atom is -0.480 e. The zero-order chi connectivity index (χ0) is 15.4. The van der Waals surface area contributed by atoms with Crippen molar-refractivity contribution in [2.45, 2.75) is 32.4 Å². The lowest BCUT2D eigenvalue weighted by Crippen LogP contribution is -2.39. The van der Waals surface area contributed by atoms with Crippen LogP contribution < -0.4 is 10.1 Å². The largest absolute Gasteiger partial charge is 0.480 e. The van der Waals surface area contributed by atoms with Crippen LogP contribution in [0.3, 0.4) is 0 Å². The molecule has 1 fully saturated rings. The second-order valence-electron chi connectivity index (χ2n) is 4.92. The molecule has 0 spiro atoms. The molecule has 1 aromatic heterocycles. The summed E-state index contributed by atoms with van der Waals surface area (Å²) in [5.41, 5.74) is 0.799. The number of nitrogens with zero attached hydrogens (tertiary/aromatic N) is 2. The van der Waals surface area contributed by atoms with Crippen LogP contribution in [-0.4, -0.2) is 52.1 Å². The van der Waals surface area contributed by atoms with E-state index in [1.165, 1.54) is 11.8 Å². The van der Waals surface area contributed by atoms with Gasteiger partial charge in [-0.25, -0.2) is 9.78 Å². The molecule has 1 aromatic rings. The van der Waals surface area contributed by atoms with Crippen LogP contribution in [0.15, 0.2) is 18.3 Å². The third-order valence-electron chi connectivity index (χ3n) is 3.39. The number of hydrogen-bond donors (Lipinski definition) is 2. The van der Waals surface area contributed by atoms with Crippen LogP contribution in [0, 0.1) is 0 Å². The van der Waals surface area contributed by atoms with Crippen LogP contribution in [-0.2, 0) is 9.59 Å². The standard InChI is InChI=1S/C14H19N3O4/c1-3-21-13-7-10(4-5-15-13)16-11-6-12(14(19)20)17(8-11)9(2)18/h4-5,7,11-12H,3,6,8H2,1-2H3,(H,15,16)(H,19,20)/t11-,12+/m0/s1. The number of aromatic nitrogens is 1. The highest BCUT2D eigenvalue weighted by atomic mass is 16.5. The number of nitrogens with one attached hydrogen (secondary N) is 1. The molecule has 0 bridgehead atoms. The second-order valence-corrected chi connectivity index (χ2v) is 4.92. The van der Waals surface area contributed by atoms with Crippen LogP contribution in [0.4, 0.5) is 5.69 Å². The number of hydrogen-bond acceptors (Lipinski definition) is 5. The van der Waals surface area contributed by atoms with E-state index in [1.807, 2.05) is 6.92 Å². The number of amides is 1. The maximum atomic E-state index is 11.5. The Morgan fingerprint density at radius 3 is 2.90 bits per heavy atom. The Morgan fingerprint density at radius 1 is 1.57 bits per heavy atom. The Labute approximate surface area is 122 Å². The fourth-order valence-corrected chi connectivity index (χ4v) is 2.48. The zero-order valence-corrected chi connectivity index (χ0v) is 12.1. The highest BCUT2D eigenvalue weighted by molar-refractivity contribution is 5.83. The minimum atomic E-state index is -0.973. The van der Waals surface area contributed by atoms with Crippen molar-refractivity contribution in [3.8, 4) is 5.88 Å². The quantitative estimate of drug-likeness (QED) is 0.840. The van der Waals surface area contributed by atoms with E-state index in [1.54, 1.807) is 18.3 Å². The molecule has 114 valence electrons. The molecule has 1 saturated heterocycles. The Bertz CT molecular complexity index is 513. The summed E-state index contributed by atoms with van der Waals surface area (Å²) in [6.07, 6.45) is 2.00. The summed E-state index contributed by atoms with van der Waals surface area (Å²) < 4.78 is 5.32. The van der Waals surface area contributed by atoms with Gasteiger partial charge in [0.2, 0.25) is 11.8 Å². The van der Waals surface area contributed by atoms with Gasteiger partial charge in [-0.3, -0.25) is 4.79 Å². The third-order valence-corrected chi connectivity index (χ3v) is 3.39. The van der Waals surface area contributed by atoms with Crippen molar-refractivity contribution in [1.82, 2.24) is 9.88 Å². The Balaban J connectivity index is 2.05. The smallest absolute Gasteiger partial charge is 0.326 e. The monoisotopic (exact) mass is 293 g/mol. The van der Waals surface area contributed by atoms with Gasteiger partial charge in [0.05, 0.1) is 6.61 Å². The molecule has 0 radical (unpaired) electrons. The lowest BCUT2D eigenvalue weighted by atomic mass is 10.1. The molecule has 1 aliphatic heterocycles. The predicted molar refractivity (Wildman–Crippen MR) is 76.2 cm³/mol. The third kappa shape index (κ3) is 3.62. The molecule has 7 nitrogen and oxygen atoms in total. The zero-order valence-electron chi connectivity index (χ0n) is 12.1. The van der Waals surface area contributed by atoms with Crippen molar-refractivity contribution in [3.05, 3.63) is 18.3 Å². The molecule has 0 unspecified atom stereocenters. The van der Waals surface area contributed by atoms with Gasteiger partial charge in [-0.05, 0) is 13.0 Å². The number of carboxylic acid groups (broad SMARTS) is 1. The predicted octanol–water partition coefficient (Wildman–Crippen LogP) is 0.966. The number of aliphatic carboxylic acids is 1. The maximum absolute atomic E-state index is 11.5. The van der Waals surface area contributed by atoms with Gasteiger partial charge in [0.25, 0.3) is 0 Å². The van der Waals surface area contributed by atoms with E-state index in [2.05, 4.69) is 10.3 Å². The summed E-state index contributed by atoms with van der Waals surface area (Å²) in [7, 11) is 0. The molecule has 0 aromatic carbocycles. The molecule has 0 aliphatic carbocycles. The molecule has 2 N–H and O–H groups in total. The van der Waals surface area contributed by atoms with Gasteiger partial charge in [0, 0.05) is 43.9 Å². The highest BCUT2D eigenvalue weighted by Crippen LogP contribution is 2.23. The van der Waals surface area contributed by atoms with E-state index in [9.17, 15) is 14.7 Å². The van der Waals surface area contributed by atoms with Crippen LogP contribution >= 0.6 is 0 Å². The van der Waals surface area contributed by atoms with Crippen molar-refractivity contribution in [2.75, 3.05) is 18.5 Å². The van der Waals surface area contributed by atoms with Crippen LogP contribution in [0.2, 0.25) is 0 Å². The molecule has 2 heterocycles. The number of likely N-dealkylation sites (tertiary alicyclic amines) is 1. The van der Waals surface area contributed by atoms with Crippen LogP contribution in [0.1, 0.15) is 20.3 Å². The first kappa shape index (κ1) is 15.1. The van der Waals surface area contributed by atoms with Gasteiger partial charge in [-0.2, -0.15) is 0 Å². The Morgan fingerprint density at radius 2 is 2.33 bits per heavy atom. The van der Waals surface area contributed by atoms with Gasteiger partial charge >= 0.3 is 5.97 Å². The van der Waals surface area contributed by atoms with Gasteiger partial charge in [0.15, 0.2) is 0 Å². The molecule has 1 amide bonds. The Hall–Kier alpha value is -2.31. The first-order valence-corrected chi connectivity index (χ1v) is 6.86.